The van der Waals surface area contributed by atoms with E-state index in [2.05, 4.69) is 6.92 Å². The molecule has 0 aliphatic rings. The Kier molecular flexibility index (Phi) is 21.0. The van der Waals surface area contributed by atoms with Gasteiger partial charge in [0.05, 0.1) is 13.2 Å². The van der Waals surface area contributed by atoms with Crippen molar-refractivity contribution >= 4 is 11.9 Å². The van der Waals surface area contributed by atoms with E-state index in [9.17, 15) is 14.0 Å². The number of esters is 2. The third-order valence-corrected chi connectivity index (χ3v) is 6.59. The number of benzene rings is 1. The van der Waals surface area contributed by atoms with Crippen molar-refractivity contribution in [3.63, 3.8) is 0 Å². The summed E-state index contributed by atoms with van der Waals surface area (Å²) in [4.78, 5) is 23.6. The van der Waals surface area contributed by atoms with Gasteiger partial charge in [-0.25, -0.2) is 4.39 Å². The molecule has 0 aromatic heterocycles. The van der Waals surface area contributed by atoms with Gasteiger partial charge < -0.3 is 9.47 Å². The number of unbranched alkanes of at least 4 members (excludes halogenated alkanes) is 15. The van der Waals surface area contributed by atoms with Crippen LogP contribution in [0.3, 0.4) is 0 Å². The molecule has 206 valence electrons. The molecule has 0 saturated carbocycles. The fourth-order valence-electron chi connectivity index (χ4n) is 4.29. The summed E-state index contributed by atoms with van der Waals surface area (Å²) in [5.41, 5.74) is 0.918. The van der Waals surface area contributed by atoms with Gasteiger partial charge in [0.15, 0.2) is 0 Å². The molecule has 0 fully saturated rings. The highest BCUT2D eigenvalue weighted by molar-refractivity contribution is 5.72. The molecule has 0 aliphatic carbocycles. The van der Waals surface area contributed by atoms with E-state index in [-0.39, 0.29) is 37.2 Å². The predicted molar refractivity (Wildman–Crippen MR) is 145 cm³/mol. The van der Waals surface area contributed by atoms with Crippen molar-refractivity contribution in [2.45, 2.75) is 135 Å². The Labute approximate surface area is 219 Å². The first kappa shape index (κ1) is 32.1. The van der Waals surface area contributed by atoms with E-state index in [1.807, 2.05) is 0 Å². The van der Waals surface area contributed by atoms with Crippen LogP contribution in [0.2, 0.25) is 0 Å². The van der Waals surface area contributed by atoms with Crippen molar-refractivity contribution in [1.82, 2.24) is 0 Å². The topological polar surface area (TPSA) is 52.6 Å². The Bertz CT molecular complexity index is 659. The monoisotopic (exact) mass is 506 g/mol. The Balaban J connectivity index is 1.79. The highest BCUT2D eigenvalue weighted by atomic mass is 19.1. The zero-order valence-corrected chi connectivity index (χ0v) is 22.9. The lowest BCUT2D eigenvalue weighted by Crippen LogP contribution is -2.10. The fourth-order valence-corrected chi connectivity index (χ4v) is 4.29. The van der Waals surface area contributed by atoms with E-state index in [1.54, 1.807) is 12.1 Å². The summed E-state index contributed by atoms with van der Waals surface area (Å²) in [6, 6.07) is 6.14. The molecule has 4 nitrogen and oxygen atoms in total. The van der Waals surface area contributed by atoms with Crippen molar-refractivity contribution in [2.75, 3.05) is 13.2 Å². The third kappa shape index (κ3) is 20.3. The standard InChI is InChI=1S/C31H51FO4/c1-2-3-4-5-6-7-8-9-10-11-12-13-14-15-16-17-26-35-30(33)19-18-20-31(34)36-27-25-28-21-23-29(32)24-22-28/h21-24H,2-20,25-27H2,1H3. The van der Waals surface area contributed by atoms with Gasteiger partial charge in [-0.3, -0.25) is 9.59 Å². The van der Waals surface area contributed by atoms with Gasteiger partial charge in [0.1, 0.15) is 5.82 Å². The van der Waals surface area contributed by atoms with E-state index in [0.717, 1.165) is 18.4 Å². The largest absolute Gasteiger partial charge is 0.466 e. The number of halogens is 1. The second-order valence-electron chi connectivity index (χ2n) is 9.97. The number of rotatable bonds is 24. The molecule has 0 saturated heterocycles. The van der Waals surface area contributed by atoms with Crippen molar-refractivity contribution in [3.05, 3.63) is 35.6 Å². The van der Waals surface area contributed by atoms with Crippen LogP contribution >= 0.6 is 0 Å². The van der Waals surface area contributed by atoms with Crippen LogP contribution in [-0.2, 0) is 25.5 Å². The molecule has 5 heteroatoms. The molecule has 1 aromatic rings. The lowest BCUT2D eigenvalue weighted by Gasteiger charge is -2.06. The lowest BCUT2D eigenvalue weighted by atomic mass is 10.0. The average Bonchev–Trinajstić information content (AvgIpc) is 2.87. The molecule has 36 heavy (non-hydrogen) atoms. The molecule has 0 spiro atoms. The van der Waals surface area contributed by atoms with Gasteiger partial charge in [0.25, 0.3) is 0 Å². The molecule has 0 heterocycles. The van der Waals surface area contributed by atoms with Gasteiger partial charge in [0, 0.05) is 19.3 Å². The molecule has 0 N–H and O–H groups in total. The molecule has 0 atom stereocenters. The van der Waals surface area contributed by atoms with E-state index < -0.39 is 0 Å². The molecule has 0 unspecified atom stereocenters. The molecular formula is C31H51FO4. The van der Waals surface area contributed by atoms with Gasteiger partial charge in [-0.15, -0.1) is 0 Å². The van der Waals surface area contributed by atoms with Crippen molar-refractivity contribution < 1.29 is 23.5 Å². The van der Waals surface area contributed by atoms with Gasteiger partial charge in [0.2, 0.25) is 0 Å². The minimum atomic E-state index is -0.317. The summed E-state index contributed by atoms with van der Waals surface area (Å²) in [5, 5.41) is 0. The maximum Gasteiger partial charge on any atom is 0.305 e. The molecular weight excluding hydrogens is 455 g/mol. The molecule has 0 amide bonds. The summed E-state index contributed by atoms with van der Waals surface area (Å²) in [7, 11) is 0. The maximum absolute atomic E-state index is 12.9. The van der Waals surface area contributed by atoms with Crippen LogP contribution in [0.1, 0.15) is 134 Å². The van der Waals surface area contributed by atoms with E-state index >= 15 is 0 Å². The molecule has 0 aliphatic heterocycles. The van der Waals surface area contributed by atoms with E-state index in [1.165, 1.54) is 102 Å². The van der Waals surface area contributed by atoms with Gasteiger partial charge in [-0.1, -0.05) is 115 Å². The van der Waals surface area contributed by atoms with Gasteiger partial charge >= 0.3 is 11.9 Å². The van der Waals surface area contributed by atoms with Gasteiger partial charge in [-0.05, 0) is 30.5 Å². The first-order valence-corrected chi connectivity index (χ1v) is 14.7. The number of hydrogen-bond donors (Lipinski definition) is 0. The van der Waals surface area contributed by atoms with Crippen molar-refractivity contribution in [3.8, 4) is 0 Å². The summed E-state index contributed by atoms with van der Waals surface area (Å²) in [6.45, 7) is 3.00. The van der Waals surface area contributed by atoms with Crippen LogP contribution in [0.25, 0.3) is 0 Å². The Morgan fingerprint density at radius 3 is 1.47 bits per heavy atom. The van der Waals surface area contributed by atoms with Crippen LogP contribution in [0, 0.1) is 5.82 Å². The zero-order chi connectivity index (χ0) is 26.1. The van der Waals surface area contributed by atoms with Gasteiger partial charge in [-0.2, -0.15) is 0 Å². The minimum absolute atomic E-state index is 0.206. The maximum atomic E-state index is 12.9. The molecule has 0 bridgehead atoms. The summed E-state index contributed by atoms with van der Waals surface area (Å²) in [6.07, 6.45) is 22.6. The number of carbonyl (C=O) groups excluding carboxylic acids is 2. The average molecular weight is 507 g/mol. The zero-order valence-electron chi connectivity index (χ0n) is 22.9. The smallest absolute Gasteiger partial charge is 0.305 e. The fraction of sp³-hybridized carbons (Fsp3) is 0.742. The quantitative estimate of drug-likeness (QED) is 0.104. The van der Waals surface area contributed by atoms with E-state index in [4.69, 9.17) is 9.47 Å². The summed E-state index contributed by atoms with van der Waals surface area (Å²) >= 11 is 0. The second-order valence-corrected chi connectivity index (χ2v) is 9.97. The van der Waals surface area contributed by atoms with Crippen LogP contribution in [0.5, 0.6) is 0 Å². The summed E-state index contributed by atoms with van der Waals surface area (Å²) in [5.74, 6) is -0.838. The van der Waals surface area contributed by atoms with Crippen molar-refractivity contribution in [1.29, 1.82) is 0 Å². The summed E-state index contributed by atoms with van der Waals surface area (Å²) < 4.78 is 23.3. The molecule has 0 radical (unpaired) electrons. The van der Waals surface area contributed by atoms with Crippen LogP contribution < -0.4 is 0 Å². The normalized spacial score (nSPS) is 10.9. The van der Waals surface area contributed by atoms with Crippen molar-refractivity contribution in [2.24, 2.45) is 0 Å². The van der Waals surface area contributed by atoms with Crippen LogP contribution in [0.15, 0.2) is 24.3 Å². The second kappa shape index (κ2) is 23.5. The lowest BCUT2D eigenvalue weighted by molar-refractivity contribution is -0.145. The Hall–Kier alpha value is -1.91. The van der Waals surface area contributed by atoms with Crippen LogP contribution in [0.4, 0.5) is 4.39 Å². The van der Waals surface area contributed by atoms with Crippen LogP contribution in [-0.4, -0.2) is 25.2 Å². The number of carbonyl (C=O) groups is 2. The first-order chi connectivity index (χ1) is 17.6. The Morgan fingerprint density at radius 2 is 1.00 bits per heavy atom. The predicted octanol–water partition coefficient (Wildman–Crippen LogP) is 8.89. The third-order valence-electron chi connectivity index (χ3n) is 6.59. The first-order valence-electron chi connectivity index (χ1n) is 14.7. The number of ether oxygens (including phenoxy) is 2. The number of hydrogen-bond acceptors (Lipinski definition) is 4. The molecule has 1 aromatic carbocycles. The van der Waals surface area contributed by atoms with E-state index in [0.29, 0.717) is 19.4 Å². The minimum Gasteiger partial charge on any atom is -0.466 e. The highest BCUT2D eigenvalue weighted by Gasteiger charge is 2.07. The Morgan fingerprint density at radius 1 is 0.583 bits per heavy atom. The SMILES string of the molecule is CCCCCCCCCCCCCCCCCCOC(=O)CCCC(=O)OCCc1ccc(F)cc1. The molecule has 1 rings (SSSR count). The highest BCUT2D eigenvalue weighted by Crippen LogP contribution is 2.14.